The average Bonchev–Trinajstić information content (AvgIpc) is 3.81. The Morgan fingerprint density at radius 1 is 0.581 bits per heavy atom. The van der Waals surface area contributed by atoms with Gasteiger partial charge in [0.15, 0.2) is 0 Å². The Bertz CT molecular complexity index is 1470. The van der Waals surface area contributed by atoms with Gasteiger partial charge in [-0.15, -0.1) is 22.7 Å². The first-order chi connectivity index (χ1) is 21.0. The van der Waals surface area contributed by atoms with Crippen LogP contribution in [0.15, 0.2) is 71.4 Å². The van der Waals surface area contributed by atoms with E-state index in [0.29, 0.717) is 11.8 Å². The van der Waals surface area contributed by atoms with Gasteiger partial charge in [-0.25, -0.2) is 0 Å². The zero-order valence-electron chi connectivity index (χ0n) is 26.6. The third-order valence-corrected chi connectivity index (χ3v) is 11.9. The second-order valence-corrected chi connectivity index (χ2v) is 15.2. The Balaban J connectivity index is 1.35. The van der Waals surface area contributed by atoms with Crippen LogP contribution < -0.4 is 0 Å². The minimum absolute atomic E-state index is 0.0204. The van der Waals surface area contributed by atoms with Crippen molar-refractivity contribution in [3.05, 3.63) is 115 Å². The highest BCUT2D eigenvalue weighted by Gasteiger charge is 2.47. The van der Waals surface area contributed by atoms with Crippen LogP contribution in [0.5, 0.6) is 0 Å². The standard InChI is InChI=1S/C41H48S2/c1-5-7-9-11-17-29-23-37(42-27-29)35-25-31-19-13-15-21-33(31)39(35)41(3,4)40-34-22-16-14-20-32(34)26-36(40)38-24-30(28-43-38)18-12-10-8-6-2/h13-16,19-28,39-40H,5-12,17-18H2,1-4H3. The number of benzene rings is 2. The molecule has 2 heterocycles. The lowest BCUT2D eigenvalue weighted by Gasteiger charge is -2.41. The van der Waals surface area contributed by atoms with Gasteiger partial charge in [-0.05, 0) is 111 Å². The van der Waals surface area contributed by atoms with Crippen molar-refractivity contribution in [3.63, 3.8) is 0 Å². The number of hydrogen-bond donors (Lipinski definition) is 0. The fourth-order valence-electron chi connectivity index (χ4n) is 7.67. The first-order valence-electron chi connectivity index (χ1n) is 16.8. The number of hydrogen-bond acceptors (Lipinski definition) is 2. The van der Waals surface area contributed by atoms with Crippen LogP contribution in [0.4, 0.5) is 0 Å². The smallest absolute Gasteiger partial charge is 0.0311 e. The fourth-order valence-corrected chi connectivity index (χ4v) is 9.66. The third kappa shape index (κ3) is 6.29. The zero-order chi connectivity index (χ0) is 29.8. The monoisotopic (exact) mass is 604 g/mol. The van der Waals surface area contributed by atoms with Gasteiger partial charge >= 0.3 is 0 Å². The molecule has 0 nitrogen and oxygen atoms in total. The topological polar surface area (TPSA) is 0 Å². The first-order valence-corrected chi connectivity index (χ1v) is 18.5. The van der Waals surface area contributed by atoms with E-state index in [1.165, 1.54) is 118 Å². The Morgan fingerprint density at radius 2 is 1.02 bits per heavy atom. The first kappa shape index (κ1) is 30.4. The summed E-state index contributed by atoms with van der Waals surface area (Å²) in [7, 11) is 0. The maximum atomic E-state index is 2.55. The van der Waals surface area contributed by atoms with Gasteiger partial charge in [-0.2, -0.15) is 0 Å². The molecule has 2 heteroatoms. The van der Waals surface area contributed by atoms with Crippen molar-refractivity contribution in [2.75, 3.05) is 0 Å². The summed E-state index contributed by atoms with van der Waals surface area (Å²) in [6.45, 7) is 9.69. The highest BCUT2D eigenvalue weighted by atomic mass is 32.1. The molecule has 2 aliphatic carbocycles. The normalized spacial score (nSPS) is 17.6. The highest BCUT2D eigenvalue weighted by molar-refractivity contribution is 7.11. The van der Waals surface area contributed by atoms with Crippen LogP contribution in [0, 0.1) is 5.41 Å². The molecular formula is C41H48S2. The molecule has 0 N–H and O–H groups in total. The second kappa shape index (κ2) is 13.5. The molecule has 2 aromatic heterocycles. The van der Waals surface area contributed by atoms with E-state index in [2.05, 4.69) is 111 Å². The highest BCUT2D eigenvalue weighted by Crippen LogP contribution is 2.62. The molecule has 0 radical (unpaired) electrons. The van der Waals surface area contributed by atoms with Crippen LogP contribution in [0.1, 0.15) is 134 Å². The summed E-state index contributed by atoms with van der Waals surface area (Å²) in [5.74, 6) is 0.673. The molecule has 4 aromatic rings. The maximum absolute atomic E-state index is 2.55. The molecule has 2 aliphatic rings. The average molecular weight is 605 g/mol. The van der Waals surface area contributed by atoms with Crippen molar-refractivity contribution in [1.29, 1.82) is 0 Å². The number of thiophene rings is 2. The Hall–Kier alpha value is -2.68. The van der Waals surface area contributed by atoms with Crippen LogP contribution >= 0.6 is 22.7 Å². The van der Waals surface area contributed by atoms with Crippen LogP contribution in [0.25, 0.3) is 23.3 Å². The number of allylic oxidation sites excluding steroid dienone is 2. The van der Waals surface area contributed by atoms with E-state index in [1.54, 1.807) is 0 Å². The van der Waals surface area contributed by atoms with Gasteiger partial charge in [0.1, 0.15) is 0 Å². The molecule has 2 aromatic carbocycles. The van der Waals surface area contributed by atoms with Crippen LogP contribution in [0.2, 0.25) is 0 Å². The van der Waals surface area contributed by atoms with E-state index >= 15 is 0 Å². The molecule has 0 bridgehead atoms. The van der Waals surface area contributed by atoms with Gasteiger partial charge in [-0.1, -0.05) is 115 Å². The number of aryl methyl sites for hydroxylation is 2. The molecule has 0 saturated carbocycles. The Morgan fingerprint density at radius 3 is 1.47 bits per heavy atom. The number of fused-ring (bicyclic) bond motifs is 2. The Kier molecular flexibility index (Phi) is 9.55. The van der Waals surface area contributed by atoms with Gasteiger partial charge < -0.3 is 0 Å². The molecule has 0 amide bonds. The predicted octanol–water partition coefficient (Wildman–Crippen LogP) is 13.1. The van der Waals surface area contributed by atoms with E-state index in [0.717, 1.165) is 0 Å². The molecule has 2 atom stereocenters. The molecule has 6 rings (SSSR count). The van der Waals surface area contributed by atoms with Crippen molar-refractivity contribution in [1.82, 2.24) is 0 Å². The lowest BCUT2D eigenvalue weighted by molar-refractivity contribution is 0.304. The van der Waals surface area contributed by atoms with E-state index < -0.39 is 0 Å². The molecule has 0 aliphatic heterocycles. The fraction of sp³-hybridized carbons (Fsp3) is 0.415. The lowest BCUT2D eigenvalue weighted by atomic mass is 9.62. The van der Waals surface area contributed by atoms with Gasteiger partial charge in [0, 0.05) is 21.6 Å². The van der Waals surface area contributed by atoms with Crippen LogP contribution in [-0.4, -0.2) is 0 Å². The SMILES string of the molecule is CCCCCCc1csc(C2=Cc3ccccc3C2C(C)(C)C2C(c3cc(CCCCCC)cs3)=Cc3ccccc32)c1. The minimum atomic E-state index is -0.0204. The summed E-state index contributed by atoms with van der Waals surface area (Å²) in [5.41, 5.74) is 11.8. The van der Waals surface area contributed by atoms with Gasteiger partial charge in [0.25, 0.3) is 0 Å². The summed E-state index contributed by atoms with van der Waals surface area (Å²) < 4.78 is 0. The van der Waals surface area contributed by atoms with Crippen molar-refractivity contribution in [2.45, 2.75) is 104 Å². The van der Waals surface area contributed by atoms with E-state index in [-0.39, 0.29) is 5.41 Å². The summed E-state index contributed by atoms with van der Waals surface area (Å²) in [6, 6.07) is 23.4. The molecule has 2 unspecified atom stereocenters. The molecule has 0 spiro atoms. The van der Waals surface area contributed by atoms with Crippen molar-refractivity contribution in [3.8, 4) is 0 Å². The summed E-state index contributed by atoms with van der Waals surface area (Å²) in [4.78, 5) is 2.92. The third-order valence-electron chi connectivity index (χ3n) is 9.86. The largest absolute Gasteiger partial charge is 0.144 e. The van der Waals surface area contributed by atoms with Gasteiger partial charge in [0.2, 0.25) is 0 Å². The molecule has 43 heavy (non-hydrogen) atoms. The molecule has 0 fully saturated rings. The second-order valence-electron chi connectivity index (χ2n) is 13.4. The van der Waals surface area contributed by atoms with Crippen molar-refractivity contribution in [2.24, 2.45) is 5.41 Å². The summed E-state index contributed by atoms with van der Waals surface area (Å²) >= 11 is 3.92. The quantitative estimate of drug-likeness (QED) is 0.126. The summed E-state index contributed by atoms with van der Waals surface area (Å²) in [5, 5.41) is 4.86. The minimum Gasteiger partial charge on any atom is -0.144 e. The van der Waals surface area contributed by atoms with Crippen molar-refractivity contribution >= 4 is 46.0 Å². The predicted molar refractivity (Wildman–Crippen MR) is 192 cm³/mol. The lowest BCUT2D eigenvalue weighted by Crippen LogP contribution is -2.29. The van der Waals surface area contributed by atoms with Gasteiger partial charge in [0.05, 0.1) is 0 Å². The van der Waals surface area contributed by atoms with Crippen LogP contribution in [0.3, 0.4) is 0 Å². The Labute approximate surface area is 268 Å². The molecule has 0 saturated heterocycles. The van der Waals surface area contributed by atoms with E-state index in [9.17, 15) is 0 Å². The van der Waals surface area contributed by atoms with Crippen molar-refractivity contribution < 1.29 is 0 Å². The van der Waals surface area contributed by atoms with Gasteiger partial charge in [-0.3, -0.25) is 0 Å². The zero-order valence-corrected chi connectivity index (χ0v) is 28.3. The van der Waals surface area contributed by atoms with Crippen LogP contribution in [-0.2, 0) is 12.8 Å². The van der Waals surface area contributed by atoms with E-state index in [4.69, 9.17) is 0 Å². The maximum Gasteiger partial charge on any atom is 0.0311 e. The molecule has 224 valence electrons. The van der Waals surface area contributed by atoms with E-state index in [1.807, 2.05) is 22.7 Å². The number of rotatable bonds is 14. The molecular weight excluding hydrogens is 557 g/mol. The summed E-state index contributed by atoms with van der Waals surface area (Å²) in [6.07, 6.45) is 18.0. The number of unbranched alkanes of at least 4 members (excludes halogenated alkanes) is 6.